The van der Waals surface area contributed by atoms with Gasteiger partial charge in [-0.15, -0.1) is 0 Å². The van der Waals surface area contributed by atoms with Crippen LogP contribution in [0, 0.1) is 11.6 Å². The van der Waals surface area contributed by atoms with Crippen molar-refractivity contribution in [1.82, 2.24) is 4.90 Å². The van der Waals surface area contributed by atoms with Gasteiger partial charge in [0.15, 0.2) is 0 Å². The smallest absolute Gasteiger partial charge is 0.336 e. The number of hydrogen-bond donors (Lipinski definition) is 1. The molecule has 0 aliphatic heterocycles. The minimum Gasteiger partial charge on any atom is -0.478 e. The van der Waals surface area contributed by atoms with Gasteiger partial charge >= 0.3 is 5.97 Å². The second-order valence-electron chi connectivity index (χ2n) is 4.91. The predicted molar refractivity (Wildman–Crippen MR) is 74.9 cm³/mol. The van der Waals surface area contributed by atoms with Crippen LogP contribution < -0.4 is 0 Å². The van der Waals surface area contributed by atoms with Crippen LogP contribution in [0.2, 0.25) is 0 Å². The molecule has 2 aromatic carbocycles. The third-order valence-electron chi connectivity index (χ3n) is 3.08. The summed E-state index contributed by atoms with van der Waals surface area (Å²) in [5.41, 5.74) is 1.23. The molecule has 0 aromatic heterocycles. The van der Waals surface area contributed by atoms with Crippen molar-refractivity contribution in [2.75, 3.05) is 7.05 Å². The standard InChI is InChI=1S/C16H15F2NO2/c1-19(9-11-3-2-4-13(17)7-11)10-12-8-14(18)5-6-15(12)16(20)21/h2-8H,9-10H2,1H3,(H,20,21). The molecule has 0 heterocycles. The molecule has 0 aliphatic rings. The Balaban J connectivity index is 2.14. The molecule has 0 unspecified atom stereocenters. The van der Waals surface area contributed by atoms with E-state index < -0.39 is 11.8 Å². The summed E-state index contributed by atoms with van der Waals surface area (Å²) in [5.74, 6) is -1.89. The molecule has 0 saturated carbocycles. The zero-order valence-corrected chi connectivity index (χ0v) is 11.5. The van der Waals surface area contributed by atoms with Crippen molar-refractivity contribution in [1.29, 1.82) is 0 Å². The highest BCUT2D eigenvalue weighted by atomic mass is 19.1. The van der Waals surface area contributed by atoms with E-state index in [1.807, 2.05) is 0 Å². The molecule has 5 heteroatoms. The predicted octanol–water partition coefficient (Wildman–Crippen LogP) is 3.30. The molecular weight excluding hydrogens is 276 g/mol. The third-order valence-corrected chi connectivity index (χ3v) is 3.08. The van der Waals surface area contributed by atoms with E-state index >= 15 is 0 Å². The molecule has 0 aliphatic carbocycles. The first kappa shape index (κ1) is 15.1. The van der Waals surface area contributed by atoms with E-state index in [-0.39, 0.29) is 17.9 Å². The summed E-state index contributed by atoms with van der Waals surface area (Å²) >= 11 is 0. The largest absolute Gasteiger partial charge is 0.478 e. The highest BCUT2D eigenvalue weighted by molar-refractivity contribution is 5.89. The fourth-order valence-electron chi connectivity index (χ4n) is 2.20. The molecule has 0 atom stereocenters. The van der Waals surface area contributed by atoms with Crippen molar-refractivity contribution in [2.24, 2.45) is 0 Å². The maximum Gasteiger partial charge on any atom is 0.336 e. The number of carbonyl (C=O) groups is 1. The lowest BCUT2D eigenvalue weighted by atomic mass is 10.1. The molecule has 110 valence electrons. The van der Waals surface area contributed by atoms with Gasteiger partial charge in [-0.1, -0.05) is 12.1 Å². The van der Waals surface area contributed by atoms with Crippen molar-refractivity contribution in [3.8, 4) is 0 Å². The van der Waals surface area contributed by atoms with Gasteiger partial charge in [0.1, 0.15) is 11.6 Å². The van der Waals surface area contributed by atoms with E-state index in [1.165, 1.54) is 24.3 Å². The highest BCUT2D eigenvalue weighted by Crippen LogP contribution is 2.15. The Hall–Kier alpha value is -2.27. The molecule has 1 N–H and O–H groups in total. The number of halogens is 2. The minimum absolute atomic E-state index is 0.0718. The molecule has 2 aromatic rings. The molecule has 0 radical (unpaired) electrons. The number of rotatable bonds is 5. The summed E-state index contributed by atoms with van der Waals surface area (Å²) in [6, 6.07) is 9.76. The van der Waals surface area contributed by atoms with Crippen LogP contribution in [0.15, 0.2) is 42.5 Å². The van der Waals surface area contributed by atoms with Gasteiger partial charge in [0.2, 0.25) is 0 Å². The minimum atomic E-state index is -1.09. The number of aromatic carboxylic acids is 1. The normalized spacial score (nSPS) is 10.9. The van der Waals surface area contributed by atoms with Gasteiger partial charge < -0.3 is 5.11 Å². The van der Waals surface area contributed by atoms with Crippen LogP contribution in [-0.2, 0) is 13.1 Å². The summed E-state index contributed by atoms with van der Waals surface area (Å²) in [6.45, 7) is 0.698. The molecule has 3 nitrogen and oxygen atoms in total. The Morgan fingerprint density at radius 2 is 1.81 bits per heavy atom. The Bertz CT molecular complexity index is 658. The Kier molecular flexibility index (Phi) is 4.65. The van der Waals surface area contributed by atoms with Gasteiger partial charge in [-0.2, -0.15) is 0 Å². The summed E-state index contributed by atoms with van der Waals surface area (Å²) in [7, 11) is 1.77. The van der Waals surface area contributed by atoms with E-state index in [9.17, 15) is 13.6 Å². The van der Waals surface area contributed by atoms with Crippen LogP contribution in [0.3, 0.4) is 0 Å². The first-order valence-electron chi connectivity index (χ1n) is 6.40. The highest BCUT2D eigenvalue weighted by Gasteiger charge is 2.13. The summed E-state index contributed by atoms with van der Waals surface area (Å²) in [4.78, 5) is 12.9. The van der Waals surface area contributed by atoms with Crippen LogP contribution in [0.5, 0.6) is 0 Å². The van der Waals surface area contributed by atoms with Gasteiger partial charge in [-0.25, -0.2) is 13.6 Å². The zero-order valence-electron chi connectivity index (χ0n) is 11.5. The lowest BCUT2D eigenvalue weighted by molar-refractivity contribution is 0.0694. The van der Waals surface area contributed by atoms with E-state index in [4.69, 9.17) is 5.11 Å². The molecule has 0 fully saturated rings. The topological polar surface area (TPSA) is 40.5 Å². The molecule has 0 amide bonds. The molecular formula is C16H15F2NO2. The number of carboxylic acids is 1. The molecule has 0 bridgehead atoms. The van der Waals surface area contributed by atoms with Crippen LogP contribution in [0.25, 0.3) is 0 Å². The number of carboxylic acid groups (broad SMARTS) is 1. The number of nitrogens with zero attached hydrogens (tertiary/aromatic N) is 1. The van der Waals surface area contributed by atoms with Crippen molar-refractivity contribution >= 4 is 5.97 Å². The van der Waals surface area contributed by atoms with Crippen LogP contribution in [-0.4, -0.2) is 23.0 Å². The average Bonchev–Trinajstić information content (AvgIpc) is 2.38. The molecule has 21 heavy (non-hydrogen) atoms. The van der Waals surface area contributed by atoms with Gasteiger partial charge in [0.05, 0.1) is 5.56 Å². The lowest BCUT2D eigenvalue weighted by Crippen LogP contribution is -2.19. The van der Waals surface area contributed by atoms with E-state index in [0.29, 0.717) is 12.1 Å². The van der Waals surface area contributed by atoms with Crippen LogP contribution in [0.4, 0.5) is 8.78 Å². The molecule has 0 saturated heterocycles. The Morgan fingerprint density at radius 1 is 1.10 bits per heavy atom. The number of benzene rings is 2. The van der Waals surface area contributed by atoms with Crippen molar-refractivity contribution in [3.63, 3.8) is 0 Å². The summed E-state index contributed by atoms with van der Waals surface area (Å²) < 4.78 is 26.4. The van der Waals surface area contributed by atoms with Crippen molar-refractivity contribution < 1.29 is 18.7 Å². The first-order valence-corrected chi connectivity index (χ1v) is 6.40. The van der Waals surface area contributed by atoms with E-state index in [1.54, 1.807) is 24.1 Å². The second kappa shape index (κ2) is 6.45. The zero-order chi connectivity index (χ0) is 15.4. The second-order valence-corrected chi connectivity index (χ2v) is 4.91. The fourth-order valence-corrected chi connectivity index (χ4v) is 2.20. The van der Waals surface area contributed by atoms with Crippen molar-refractivity contribution in [3.05, 3.63) is 70.8 Å². The molecule has 0 spiro atoms. The third kappa shape index (κ3) is 4.10. The first-order chi connectivity index (χ1) is 9.95. The quantitative estimate of drug-likeness (QED) is 0.919. The summed E-state index contributed by atoms with van der Waals surface area (Å²) in [5, 5.41) is 9.11. The number of hydrogen-bond acceptors (Lipinski definition) is 2. The maximum atomic E-state index is 13.3. The molecule has 2 rings (SSSR count). The Morgan fingerprint density at radius 3 is 2.48 bits per heavy atom. The van der Waals surface area contributed by atoms with Gasteiger partial charge in [-0.05, 0) is 48.5 Å². The lowest BCUT2D eigenvalue weighted by Gasteiger charge is -2.18. The van der Waals surface area contributed by atoms with Crippen LogP contribution >= 0.6 is 0 Å². The van der Waals surface area contributed by atoms with Gasteiger partial charge in [0, 0.05) is 13.1 Å². The monoisotopic (exact) mass is 291 g/mol. The van der Waals surface area contributed by atoms with Gasteiger partial charge in [0.25, 0.3) is 0 Å². The van der Waals surface area contributed by atoms with E-state index in [2.05, 4.69) is 0 Å². The SMILES string of the molecule is CN(Cc1cccc(F)c1)Cc1cc(F)ccc1C(=O)O. The van der Waals surface area contributed by atoms with Gasteiger partial charge in [-0.3, -0.25) is 4.90 Å². The Labute approximate surface area is 121 Å². The fraction of sp³-hybridized carbons (Fsp3) is 0.188. The van der Waals surface area contributed by atoms with E-state index in [0.717, 1.165) is 11.6 Å². The maximum absolute atomic E-state index is 13.3. The van der Waals surface area contributed by atoms with Crippen molar-refractivity contribution in [2.45, 2.75) is 13.1 Å². The summed E-state index contributed by atoms with van der Waals surface area (Å²) in [6.07, 6.45) is 0. The average molecular weight is 291 g/mol. The van der Waals surface area contributed by atoms with Crippen LogP contribution in [0.1, 0.15) is 21.5 Å².